The minimum Gasteiger partial charge on any atom is -0.387 e. The van der Waals surface area contributed by atoms with Crippen LogP contribution in [0.3, 0.4) is 0 Å². The van der Waals surface area contributed by atoms with E-state index >= 15 is 0 Å². The van der Waals surface area contributed by atoms with Crippen LogP contribution >= 0.6 is 0 Å². The molecule has 1 N–H and O–H groups in total. The maximum atomic E-state index is 10.8. The smallest absolute Gasteiger partial charge is 0.269 e. The number of carbonyl (C=O) groups is 1. The molecular weight excluding hydrogens is 210 g/mol. The Bertz CT molecular complexity index is 422. The van der Waals surface area contributed by atoms with E-state index in [9.17, 15) is 20.0 Å². The first-order chi connectivity index (χ1) is 7.59. The van der Waals surface area contributed by atoms with Crippen molar-refractivity contribution < 1.29 is 14.8 Å². The molecule has 1 unspecified atom stereocenters. The van der Waals surface area contributed by atoms with Crippen molar-refractivity contribution in [2.24, 2.45) is 5.41 Å². The second-order valence-electron chi connectivity index (χ2n) is 4.10. The number of non-ortho nitro benzene ring substituents is 1. The van der Waals surface area contributed by atoms with Gasteiger partial charge in [-0.25, -0.2) is 0 Å². The second-order valence-corrected chi connectivity index (χ2v) is 4.10. The standard InChI is InChI=1S/C11H11NO4/c13-7-11(5-6-11)10(14)8-1-3-9(4-2-8)12(15)16/h1-4,7,10,14H,5-6H2. The van der Waals surface area contributed by atoms with Crippen LogP contribution in [0.15, 0.2) is 24.3 Å². The van der Waals surface area contributed by atoms with Crippen molar-refractivity contribution in [2.75, 3.05) is 0 Å². The number of carbonyl (C=O) groups excluding carboxylic acids is 1. The fourth-order valence-electron chi connectivity index (χ4n) is 1.71. The molecule has 5 heteroatoms. The zero-order chi connectivity index (χ0) is 11.8. The first kappa shape index (κ1) is 10.8. The molecule has 1 aromatic rings. The molecular formula is C11H11NO4. The third-order valence-corrected chi connectivity index (χ3v) is 3.03. The van der Waals surface area contributed by atoms with Crippen LogP contribution in [0, 0.1) is 15.5 Å². The molecule has 1 aliphatic rings. The fourth-order valence-corrected chi connectivity index (χ4v) is 1.71. The summed E-state index contributed by atoms with van der Waals surface area (Å²) in [6, 6.07) is 5.65. The Kier molecular flexibility index (Phi) is 2.47. The Morgan fingerprint density at radius 3 is 2.31 bits per heavy atom. The van der Waals surface area contributed by atoms with Crippen molar-refractivity contribution in [3.05, 3.63) is 39.9 Å². The number of hydrogen-bond donors (Lipinski definition) is 1. The lowest BCUT2D eigenvalue weighted by molar-refractivity contribution is -0.384. The highest BCUT2D eigenvalue weighted by Gasteiger charge is 2.49. The first-order valence-corrected chi connectivity index (χ1v) is 4.98. The van der Waals surface area contributed by atoms with Gasteiger partial charge in [0.1, 0.15) is 6.29 Å². The predicted octanol–water partition coefficient (Wildman–Crippen LogP) is 1.61. The fraction of sp³-hybridized carbons (Fsp3) is 0.364. The lowest BCUT2D eigenvalue weighted by atomic mass is 9.94. The highest BCUT2D eigenvalue weighted by atomic mass is 16.6. The van der Waals surface area contributed by atoms with Gasteiger partial charge in [-0.15, -0.1) is 0 Å². The van der Waals surface area contributed by atoms with Gasteiger partial charge in [0.25, 0.3) is 5.69 Å². The van der Waals surface area contributed by atoms with Gasteiger partial charge in [-0.3, -0.25) is 10.1 Å². The van der Waals surface area contributed by atoms with E-state index in [4.69, 9.17) is 0 Å². The number of nitro groups is 1. The number of benzene rings is 1. The van der Waals surface area contributed by atoms with E-state index in [2.05, 4.69) is 0 Å². The molecule has 84 valence electrons. The van der Waals surface area contributed by atoms with E-state index in [1.807, 2.05) is 0 Å². The van der Waals surface area contributed by atoms with Crippen LogP contribution in [0.1, 0.15) is 24.5 Å². The summed E-state index contributed by atoms with van der Waals surface area (Å²) >= 11 is 0. The Labute approximate surface area is 91.9 Å². The number of nitro benzene ring substituents is 1. The molecule has 0 spiro atoms. The molecule has 1 aromatic carbocycles. The minimum atomic E-state index is -0.856. The minimum absolute atomic E-state index is 0.0214. The monoisotopic (exact) mass is 221 g/mol. The van der Waals surface area contributed by atoms with Crippen LogP contribution in [0.25, 0.3) is 0 Å². The van der Waals surface area contributed by atoms with Gasteiger partial charge in [0.05, 0.1) is 16.4 Å². The molecule has 0 saturated heterocycles. The topological polar surface area (TPSA) is 80.4 Å². The van der Waals surface area contributed by atoms with E-state index < -0.39 is 16.4 Å². The molecule has 0 heterocycles. The van der Waals surface area contributed by atoms with E-state index in [-0.39, 0.29) is 5.69 Å². The quantitative estimate of drug-likeness (QED) is 0.475. The summed E-state index contributed by atoms with van der Waals surface area (Å²) < 4.78 is 0. The molecule has 0 aromatic heterocycles. The molecule has 2 rings (SSSR count). The number of nitrogens with zero attached hydrogens (tertiary/aromatic N) is 1. The summed E-state index contributed by atoms with van der Waals surface area (Å²) in [5.41, 5.74) is -0.127. The van der Waals surface area contributed by atoms with Gasteiger partial charge < -0.3 is 9.90 Å². The van der Waals surface area contributed by atoms with Crippen LogP contribution in [0.5, 0.6) is 0 Å². The van der Waals surface area contributed by atoms with Gasteiger partial charge in [0.15, 0.2) is 0 Å². The van der Waals surface area contributed by atoms with E-state index in [1.54, 1.807) is 0 Å². The summed E-state index contributed by atoms with van der Waals surface area (Å²) in [6.07, 6.45) is 1.27. The van der Waals surface area contributed by atoms with Crippen molar-refractivity contribution in [1.29, 1.82) is 0 Å². The highest BCUT2D eigenvalue weighted by Crippen LogP contribution is 2.53. The second kappa shape index (κ2) is 3.68. The summed E-state index contributed by atoms with van der Waals surface area (Å²) in [5, 5.41) is 20.4. The molecule has 5 nitrogen and oxygen atoms in total. The van der Waals surface area contributed by atoms with Crippen LogP contribution in [-0.2, 0) is 4.79 Å². The molecule has 0 amide bonds. The molecule has 16 heavy (non-hydrogen) atoms. The summed E-state index contributed by atoms with van der Waals surface area (Å²) in [7, 11) is 0. The van der Waals surface area contributed by atoms with Crippen LogP contribution in [0.4, 0.5) is 5.69 Å². The number of hydrogen-bond acceptors (Lipinski definition) is 4. The number of rotatable bonds is 4. The number of aldehydes is 1. The molecule has 0 bridgehead atoms. The lowest BCUT2D eigenvalue weighted by Crippen LogP contribution is -2.14. The van der Waals surface area contributed by atoms with Gasteiger partial charge in [-0.1, -0.05) is 0 Å². The SMILES string of the molecule is O=CC1(C(O)c2ccc([N+](=O)[O-])cc2)CC1. The summed E-state index contributed by atoms with van der Waals surface area (Å²) in [6.45, 7) is 0. The molecule has 1 aliphatic carbocycles. The van der Waals surface area contributed by atoms with Gasteiger partial charge in [-0.2, -0.15) is 0 Å². The Hall–Kier alpha value is -1.75. The molecule has 0 aliphatic heterocycles. The van der Waals surface area contributed by atoms with Crippen molar-refractivity contribution >= 4 is 12.0 Å². The van der Waals surface area contributed by atoms with Crippen LogP contribution in [-0.4, -0.2) is 16.3 Å². The molecule has 1 fully saturated rings. The molecule has 0 radical (unpaired) electrons. The van der Waals surface area contributed by atoms with Crippen LogP contribution < -0.4 is 0 Å². The van der Waals surface area contributed by atoms with E-state index in [0.717, 1.165) is 6.29 Å². The number of aliphatic hydroxyl groups is 1. The van der Waals surface area contributed by atoms with E-state index in [0.29, 0.717) is 18.4 Å². The number of aliphatic hydroxyl groups excluding tert-OH is 1. The maximum absolute atomic E-state index is 10.8. The average molecular weight is 221 g/mol. The zero-order valence-corrected chi connectivity index (χ0v) is 8.50. The molecule has 1 atom stereocenters. The normalized spacial score (nSPS) is 18.8. The first-order valence-electron chi connectivity index (χ1n) is 4.98. The van der Waals surface area contributed by atoms with Gasteiger partial charge in [-0.05, 0) is 30.5 Å². The third-order valence-electron chi connectivity index (χ3n) is 3.03. The van der Waals surface area contributed by atoms with Gasteiger partial charge in [0.2, 0.25) is 0 Å². The van der Waals surface area contributed by atoms with Crippen molar-refractivity contribution in [3.63, 3.8) is 0 Å². The molecule has 1 saturated carbocycles. The zero-order valence-electron chi connectivity index (χ0n) is 8.50. The predicted molar refractivity (Wildman–Crippen MR) is 55.8 cm³/mol. The van der Waals surface area contributed by atoms with Gasteiger partial charge >= 0.3 is 0 Å². The summed E-state index contributed by atoms with van der Waals surface area (Å²) in [5.74, 6) is 0. The van der Waals surface area contributed by atoms with Gasteiger partial charge in [0, 0.05) is 12.1 Å². The Morgan fingerprint density at radius 1 is 1.38 bits per heavy atom. The Morgan fingerprint density at radius 2 is 1.94 bits per heavy atom. The van der Waals surface area contributed by atoms with Crippen molar-refractivity contribution in [3.8, 4) is 0 Å². The highest BCUT2D eigenvalue weighted by molar-refractivity contribution is 5.65. The maximum Gasteiger partial charge on any atom is 0.269 e. The van der Waals surface area contributed by atoms with Crippen molar-refractivity contribution in [2.45, 2.75) is 18.9 Å². The van der Waals surface area contributed by atoms with E-state index in [1.165, 1.54) is 24.3 Å². The van der Waals surface area contributed by atoms with Crippen molar-refractivity contribution in [1.82, 2.24) is 0 Å². The Balaban J connectivity index is 2.22. The lowest BCUT2D eigenvalue weighted by Gasteiger charge is -2.16. The average Bonchev–Trinajstić information content (AvgIpc) is 3.09. The largest absolute Gasteiger partial charge is 0.387 e. The summed E-state index contributed by atoms with van der Waals surface area (Å²) in [4.78, 5) is 20.7. The van der Waals surface area contributed by atoms with Crippen LogP contribution in [0.2, 0.25) is 0 Å². The third kappa shape index (κ3) is 1.69.